The van der Waals surface area contributed by atoms with Crippen molar-refractivity contribution in [1.29, 1.82) is 0 Å². The number of hydrogen-bond acceptors (Lipinski definition) is 4. The Kier molecular flexibility index (Phi) is 13.5. The second-order valence-electron chi connectivity index (χ2n) is 7.13. The van der Waals surface area contributed by atoms with E-state index in [1.165, 1.54) is 25.7 Å². The third-order valence-corrected chi connectivity index (χ3v) is 5.26. The molecule has 0 aliphatic heterocycles. The molecule has 0 spiro atoms. The topological polar surface area (TPSA) is 52.6 Å². The van der Waals surface area contributed by atoms with Gasteiger partial charge in [0.05, 0.1) is 13.2 Å². The Bertz CT molecular complexity index is 361. The van der Waals surface area contributed by atoms with E-state index >= 15 is 0 Å². The average Bonchev–Trinajstić information content (AvgIpc) is 2.62. The van der Waals surface area contributed by atoms with Gasteiger partial charge in [-0.15, -0.1) is 0 Å². The highest BCUT2D eigenvalue weighted by Crippen LogP contribution is 2.30. The first-order chi connectivity index (χ1) is 12.0. The molecule has 0 heterocycles. The van der Waals surface area contributed by atoms with Crippen LogP contribution in [0, 0.1) is 11.3 Å². The first-order valence-electron chi connectivity index (χ1n) is 10.3. The van der Waals surface area contributed by atoms with Crippen LogP contribution in [0.1, 0.15) is 98.8 Å². The molecule has 0 saturated heterocycles. The molecule has 0 aromatic heterocycles. The third kappa shape index (κ3) is 8.73. The van der Waals surface area contributed by atoms with E-state index in [-0.39, 0.29) is 0 Å². The van der Waals surface area contributed by atoms with Crippen LogP contribution in [0.25, 0.3) is 0 Å². The number of carbonyl (C=O) groups is 2. The molecule has 0 bridgehead atoms. The zero-order valence-corrected chi connectivity index (χ0v) is 17.2. The molecule has 4 heteroatoms. The lowest BCUT2D eigenvalue weighted by molar-refractivity contribution is -0.173. The fourth-order valence-corrected chi connectivity index (χ4v) is 2.79. The van der Waals surface area contributed by atoms with Crippen molar-refractivity contribution in [3.05, 3.63) is 0 Å². The summed E-state index contributed by atoms with van der Waals surface area (Å²) in [6.07, 6.45) is 9.56. The Morgan fingerprint density at radius 1 is 0.800 bits per heavy atom. The SMILES string of the molecule is CCCCCCCCOC(=O)C(CC)(CC)C(=O)OCCC(C)CC. The smallest absolute Gasteiger partial charge is 0.323 e. The first kappa shape index (κ1) is 23.9. The molecule has 4 nitrogen and oxygen atoms in total. The minimum atomic E-state index is -1.14. The minimum Gasteiger partial charge on any atom is -0.465 e. The highest BCUT2D eigenvalue weighted by Gasteiger charge is 2.45. The number of esters is 2. The molecular weight excluding hydrogens is 316 g/mol. The monoisotopic (exact) mass is 356 g/mol. The number of unbranched alkanes of at least 4 members (excludes halogenated alkanes) is 5. The highest BCUT2D eigenvalue weighted by molar-refractivity contribution is 5.99. The summed E-state index contributed by atoms with van der Waals surface area (Å²) in [4.78, 5) is 25.1. The van der Waals surface area contributed by atoms with Crippen molar-refractivity contribution in [2.24, 2.45) is 11.3 Å². The van der Waals surface area contributed by atoms with Crippen LogP contribution < -0.4 is 0 Å². The largest absolute Gasteiger partial charge is 0.465 e. The van der Waals surface area contributed by atoms with Crippen molar-refractivity contribution in [3.63, 3.8) is 0 Å². The Labute approximate surface area is 155 Å². The van der Waals surface area contributed by atoms with Gasteiger partial charge >= 0.3 is 11.9 Å². The molecule has 0 aliphatic carbocycles. The van der Waals surface area contributed by atoms with Crippen LogP contribution >= 0.6 is 0 Å². The maximum Gasteiger partial charge on any atom is 0.323 e. The van der Waals surface area contributed by atoms with Crippen LogP contribution in [0.5, 0.6) is 0 Å². The molecule has 0 amide bonds. The average molecular weight is 357 g/mol. The lowest BCUT2D eigenvalue weighted by Gasteiger charge is -2.27. The lowest BCUT2D eigenvalue weighted by atomic mass is 9.82. The van der Waals surface area contributed by atoms with Crippen molar-refractivity contribution in [1.82, 2.24) is 0 Å². The predicted molar refractivity (Wildman–Crippen MR) is 102 cm³/mol. The molecule has 0 aliphatic rings. The van der Waals surface area contributed by atoms with Gasteiger partial charge in [-0.3, -0.25) is 9.59 Å². The van der Waals surface area contributed by atoms with Gasteiger partial charge in [-0.2, -0.15) is 0 Å². The summed E-state index contributed by atoms with van der Waals surface area (Å²) < 4.78 is 10.8. The molecule has 1 atom stereocenters. The van der Waals surface area contributed by atoms with Gasteiger partial charge in [-0.1, -0.05) is 73.1 Å². The Morgan fingerprint density at radius 3 is 1.84 bits per heavy atom. The third-order valence-electron chi connectivity index (χ3n) is 5.26. The van der Waals surface area contributed by atoms with Gasteiger partial charge in [0.15, 0.2) is 5.41 Å². The van der Waals surface area contributed by atoms with Gasteiger partial charge in [0.1, 0.15) is 0 Å². The van der Waals surface area contributed by atoms with Gasteiger partial charge in [0, 0.05) is 0 Å². The molecule has 0 radical (unpaired) electrons. The molecule has 0 N–H and O–H groups in total. The van der Waals surface area contributed by atoms with E-state index in [1.807, 2.05) is 13.8 Å². The maximum absolute atomic E-state index is 12.5. The predicted octanol–water partition coefficient (Wildman–Crippen LogP) is 5.68. The van der Waals surface area contributed by atoms with E-state index in [2.05, 4.69) is 20.8 Å². The van der Waals surface area contributed by atoms with Crippen LogP contribution in [-0.2, 0) is 19.1 Å². The van der Waals surface area contributed by atoms with Crippen molar-refractivity contribution in [2.45, 2.75) is 98.8 Å². The number of ether oxygens (including phenoxy) is 2. The van der Waals surface area contributed by atoms with E-state index in [1.54, 1.807) is 0 Å². The van der Waals surface area contributed by atoms with Crippen LogP contribution in [0.3, 0.4) is 0 Å². The van der Waals surface area contributed by atoms with E-state index in [4.69, 9.17) is 9.47 Å². The molecule has 148 valence electrons. The van der Waals surface area contributed by atoms with E-state index < -0.39 is 17.4 Å². The van der Waals surface area contributed by atoms with Crippen molar-refractivity contribution in [2.75, 3.05) is 13.2 Å². The summed E-state index contributed by atoms with van der Waals surface area (Å²) in [6.45, 7) is 10.9. The standard InChI is InChI=1S/C21H40O4/c1-6-10-11-12-13-14-16-24-19(22)21(8-3,9-4)20(23)25-17-15-18(5)7-2/h18H,6-17H2,1-5H3. The Balaban J connectivity index is 4.37. The molecular formula is C21H40O4. The van der Waals surface area contributed by atoms with Gasteiger partial charge < -0.3 is 9.47 Å². The van der Waals surface area contributed by atoms with E-state index in [9.17, 15) is 9.59 Å². The van der Waals surface area contributed by atoms with Crippen molar-refractivity contribution >= 4 is 11.9 Å². The summed E-state index contributed by atoms with van der Waals surface area (Å²) >= 11 is 0. The van der Waals surface area contributed by atoms with Gasteiger partial charge in [-0.05, 0) is 31.6 Å². The number of hydrogen-bond donors (Lipinski definition) is 0. The molecule has 25 heavy (non-hydrogen) atoms. The fourth-order valence-electron chi connectivity index (χ4n) is 2.79. The molecule has 0 aromatic rings. The van der Waals surface area contributed by atoms with Gasteiger partial charge in [0.25, 0.3) is 0 Å². The van der Waals surface area contributed by atoms with Crippen LogP contribution in [0.2, 0.25) is 0 Å². The Morgan fingerprint density at radius 2 is 1.32 bits per heavy atom. The minimum absolute atomic E-state index is 0.375. The van der Waals surface area contributed by atoms with Crippen LogP contribution in [0.15, 0.2) is 0 Å². The lowest BCUT2D eigenvalue weighted by Crippen LogP contribution is -2.41. The van der Waals surface area contributed by atoms with Crippen molar-refractivity contribution in [3.8, 4) is 0 Å². The zero-order valence-electron chi connectivity index (χ0n) is 17.2. The Hall–Kier alpha value is -1.06. The summed E-state index contributed by atoms with van der Waals surface area (Å²) in [5.41, 5.74) is -1.14. The highest BCUT2D eigenvalue weighted by atomic mass is 16.6. The molecule has 0 fully saturated rings. The first-order valence-corrected chi connectivity index (χ1v) is 10.3. The molecule has 0 rings (SSSR count). The number of rotatable bonds is 15. The number of carbonyl (C=O) groups excluding carboxylic acids is 2. The van der Waals surface area contributed by atoms with Crippen molar-refractivity contribution < 1.29 is 19.1 Å². The normalized spacial score (nSPS) is 12.7. The summed E-state index contributed by atoms with van der Waals surface area (Å²) in [6, 6.07) is 0. The summed E-state index contributed by atoms with van der Waals surface area (Å²) in [7, 11) is 0. The summed E-state index contributed by atoms with van der Waals surface area (Å²) in [5, 5.41) is 0. The van der Waals surface area contributed by atoms with E-state index in [0.29, 0.717) is 32.0 Å². The summed E-state index contributed by atoms with van der Waals surface area (Å²) in [5.74, 6) is -0.321. The second kappa shape index (κ2) is 14.1. The molecule has 1 unspecified atom stereocenters. The maximum atomic E-state index is 12.5. The quantitative estimate of drug-likeness (QED) is 0.215. The fraction of sp³-hybridized carbons (Fsp3) is 0.905. The molecule has 0 saturated carbocycles. The van der Waals surface area contributed by atoms with Crippen LogP contribution in [-0.4, -0.2) is 25.2 Å². The van der Waals surface area contributed by atoms with Crippen LogP contribution in [0.4, 0.5) is 0 Å². The van der Waals surface area contributed by atoms with Gasteiger partial charge in [0.2, 0.25) is 0 Å². The molecule has 0 aromatic carbocycles. The van der Waals surface area contributed by atoms with Gasteiger partial charge in [-0.25, -0.2) is 0 Å². The second-order valence-corrected chi connectivity index (χ2v) is 7.13. The van der Waals surface area contributed by atoms with E-state index in [0.717, 1.165) is 25.7 Å². The zero-order chi connectivity index (χ0) is 19.1.